The maximum absolute atomic E-state index is 11.6. The monoisotopic (exact) mass is 189 g/mol. The van der Waals surface area contributed by atoms with Crippen molar-refractivity contribution < 1.29 is 4.79 Å². The van der Waals surface area contributed by atoms with Crippen LogP contribution in [0.1, 0.15) is 16.9 Å². The van der Waals surface area contributed by atoms with E-state index in [0.717, 1.165) is 5.65 Å². The Morgan fingerprint density at radius 3 is 3.14 bits per heavy atom. The largest absolute Gasteiger partial charge is 0.330 e. The van der Waals surface area contributed by atoms with Crippen molar-refractivity contribution in [2.24, 2.45) is 5.73 Å². The van der Waals surface area contributed by atoms with Gasteiger partial charge in [0.1, 0.15) is 11.3 Å². The van der Waals surface area contributed by atoms with E-state index in [0.29, 0.717) is 18.7 Å². The number of pyridine rings is 1. The van der Waals surface area contributed by atoms with Gasteiger partial charge in [-0.2, -0.15) is 0 Å². The van der Waals surface area contributed by atoms with Crippen molar-refractivity contribution in [1.29, 1.82) is 0 Å². The van der Waals surface area contributed by atoms with Crippen molar-refractivity contribution in [2.45, 2.75) is 6.42 Å². The topological polar surface area (TPSA) is 60.4 Å². The second-order valence-corrected chi connectivity index (χ2v) is 3.03. The minimum absolute atomic E-state index is 0.0335. The zero-order valence-electron chi connectivity index (χ0n) is 7.68. The summed E-state index contributed by atoms with van der Waals surface area (Å²) in [5.41, 5.74) is 6.72. The number of nitrogens with two attached hydrogens (primary N) is 1. The number of aromatic nitrogens is 2. The molecule has 4 nitrogen and oxygen atoms in total. The molecule has 0 fully saturated rings. The first-order valence-electron chi connectivity index (χ1n) is 4.48. The van der Waals surface area contributed by atoms with Gasteiger partial charge in [-0.1, -0.05) is 6.07 Å². The van der Waals surface area contributed by atoms with Crippen LogP contribution in [0.2, 0.25) is 0 Å². The van der Waals surface area contributed by atoms with Gasteiger partial charge in [0.2, 0.25) is 0 Å². The molecule has 0 aliphatic heterocycles. The lowest BCUT2D eigenvalue weighted by Gasteiger charge is -1.98. The Balaban J connectivity index is 2.47. The minimum Gasteiger partial charge on any atom is -0.330 e. The number of carbonyl (C=O) groups excluding carboxylic acids is 1. The molecule has 2 N–H and O–H groups in total. The summed E-state index contributed by atoms with van der Waals surface area (Å²) in [6, 6.07) is 5.62. The van der Waals surface area contributed by atoms with Gasteiger partial charge in [0, 0.05) is 12.6 Å². The molecule has 0 amide bonds. The second-order valence-electron chi connectivity index (χ2n) is 3.03. The van der Waals surface area contributed by atoms with Gasteiger partial charge in [-0.15, -0.1) is 0 Å². The maximum atomic E-state index is 11.6. The Labute approximate surface area is 81.4 Å². The highest BCUT2D eigenvalue weighted by Crippen LogP contribution is 2.07. The molecule has 0 spiro atoms. The van der Waals surface area contributed by atoms with Crippen LogP contribution in [0, 0.1) is 0 Å². The molecule has 14 heavy (non-hydrogen) atoms. The second kappa shape index (κ2) is 3.59. The molecule has 2 aromatic heterocycles. The number of ketones is 1. The maximum Gasteiger partial charge on any atom is 0.182 e. The lowest BCUT2D eigenvalue weighted by molar-refractivity contribution is 0.0980. The van der Waals surface area contributed by atoms with E-state index in [-0.39, 0.29) is 5.78 Å². The molecule has 0 bridgehead atoms. The van der Waals surface area contributed by atoms with Gasteiger partial charge >= 0.3 is 0 Å². The molecule has 0 saturated heterocycles. The molecule has 2 rings (SSSR count). The molecular weight excluding hydrogens is 178 g/mol. The molecule has 72 valence electrons. The standard InChI is InChI=1S/C10H11N3O/c11-5-4-9(14)8-7-12-10-3-1-2-6-13(8)10/h1-3,6-7H,4-5,11H2. The average Bonchev–Trinajstić information content (AvgIpc) is 2.61. The molecular formula is C10H11N3O. The number of nitrogens with zero attached hydrogens (tertiary/aromatic N) is 2. The summed E-state index contributed by atoms with van der Waals surface area (Å²) < 4.78 is 1.78. The summed E-state index contributed by atoms with van der Waals surface area (Å²) in [7, 11) is 0. The van der Waals surface area contributed by atoms with Gasteiger partial charge < -0.3 is 5.73 Å². The summed E-state index contributed by atoms with van der Waals surface area (Å²) in [6.45, 7) is 0.374. The Morgan fingerprint density at radius 1 is 1.50 bits per heavy atom. The van der Waals surface area contributed by atoms with E-state index >= 15 is 0 Å². The van der Waals surface area contributed by atoms with Crippen LogP contribution in [0.15, 0.2) is 30.6 Å². The molecule has 0 aromatic carbocycles. The van der Waals surface area contributed by atoms with E-state index in [1.807, 2.05) is 24.4 Å². The summed E-state index contributed by atoms with van der Waals surface area (Å²) >= 11 is 0. The number of hydrogen-bond donors (Lipinski definition) is 1. The predicted molar refractivity (Wildman–Crippen MR) is 53.2 cm³/mol. The van der Waals surface area contributed by atoms with E-state index in [2.05, 4.69) is 4.98 Å². The summed E-state index contributed by atoms with van der Waals surface area (Å²) in [5, 5.41) is 0. The zero-order valence-corrected chi connectivity index (χ0v) is 7.68. The van der Waals surface area contributed by atoms with E-state index in [9.17, 15) is 4.79 Å². The number of hydrogen-bond acceptors (Lipinski definition) is 3. The Bertz CT molecular complexity index is 461. The third-order valence-corrected chi connectivity index (χ3v) is 2.07. The molecule has 0 saturated carbocycles. The number of rotatable bonds is 3. The highest BCUT2D eigenvalue weighted by molar-refractivity contribution is 5.95. The van der Waals surface area contributed by atoms with Crippen molar-refractivity contribution in [3.63, 3.8) is 0 Å². The first kappa shape index (κ1) is 8.90. The third kappa shape index (κ3) is 1.40. The molecule has 0 unspecified atom stereocenters. The normalized spacial score (nSPS) is 10.6. The van der Waals surface area contributed by atoms with E-state index in [4.69, 9.17) is 5.73 Å². The van der Waals surface area contributed by atoms with Gasteiger partial charge in [-0.3, -0.25) is 9.20 Å². The SMILES string of the molecule is NCCC(=O)c1cnc2ccccn12. The Kier molecular flexibility index (Phi) is 2.28. The number of fused-ring (bicyclic) bond motifs is 1. The van der Waals surface area contributed by atoms with Gasteiger partial charge in [-0.25, -0.2) is 4.98 Å². The van der Waals surface area contributed by atoms with E-state index in [1.54, 1.807) is 10.6 Å². The van der Waals surface area contributed by atoms with Gasteiger partial charge in [0.25, 0.3) is 0 Å². The van der Waals surface area contributed by atoms with E-state index < -0.39 is 0 Å². The van der Waals surface area contributed by atoms with Crippen LogP contribution >= 0.6 is 0 Å². The number of carbonyl (C=O) groups is 1. The fourth-order valence-corrected chi connectivity index (χ4v) is 1.40. The van der Waals surface area contributed by atoms with Crippen molar-refractivity contribution in [3.05, 3.63) is 36.3 Å². The number of imidazole rings is 1. The van der Waals surface area contributed by atoms with Crippen LogP contribution in [0.25, 0.3) is 5.65 Å². The highest BCUT2D eigenvalue weighted by Gasteiger charge is 2.09. The highest BCUT2D eigenvalue weighted by atomic mass is 16.1. The van der Waals surface area contributed by atoms with Gasteiger partial charge in [-0.05, 0) is 18.7 Å². The first-order valence-corrected chi connectivity index (χ1v) is 4.48. The Hall–Kier alpha value is -1.68. The first-order chi connectivity index (χ1) is 6.83. The third-order valence-electron chi connectivity index (χ3n) is 2.07. The molecule has 0 aliphatic carbocycles. The Morgan fingerprint density at radius 2 is 2.36 bits per heavy atom. The summed E-state index contributed by atoms with van der Waals surface area (Å²) in [6.07, 6.45) is 3.78. The predicted octanol–water partition coefficient (Wildman–Crippen LogP) is 0.866. The number of Topliss-reactive ketones (excluding diaryl/α,β-unsaturated/α-hetero) is 1. The average molecular weight is 189 g/mol. The molecule has 2 heterocycles. The molecule has 0 radical (unpaired) electrons. The van der Waals surface area contributed by atoms with Crippen LogP contribution in [0.3, 0.4) is 0 Å². The van der Waals surface area contributed by atoms with Crippen molar-refractivity contribution >= 4 is 11.4 Å². The van der Waals surface area contributed by atoms with E-state index in [1.165, 1.54) is 0 Å². The van der Waals surface area contributed by atoms with Crippen LogP contribution in [0.5, 0.6) is 0 Å². The fraction of sp³-hybridized carbons (Fsp3) is 0.200. The lowest BCUT2D eigenvalue weighted by Crippen LogP contribution is -2.09. The molecule has 4 heteroatoms. The van der Waals surface area contributed by atoms with Crippen molar-refractivity contribution in [3.8, 4) is 0 Å². The van der Waals surface area contributed by atoms with Gasteiger partial charge in [0.05, 0.1) is 6.20 Å². The summed E-state index contributed by atoms with van der Waals surface area (Å²) in [5.74, 6) is 0.0335. The zero-order chi connectivity index (χ0) is 9.97. The van der Waals surface area contributed by atoms with Crippen LogP contribution < -0.4 is 5.73 Å². The lowest BCUT2D eigenvalue weighted by atomic mass is 10.2. The van der Waals surface area contributed by atoms with Crippen LogP contribution in [-0.4, -0.2) is 21.7 Å². The minimum atomic E-state index is 0.0335. The quantitative estimate of drug-likeness (QED) is 0.728. The summed E-state index contributed by atoms with van der Waals surface area (Å²) in [4.78, 5) is 15.7. The molecule has 0 atom stereocenters. The van der Waals surface area contributed by atoms with Gasteiger partial charge in [0.15, 0.2) is 5.78 Å². The van der Waals surface area contributed by atoms with Crippen LogP contribution in [0.4, 0.5) is 0 Å². The van der Waals surface area contributed by atoms with Crippen molar-refractivity contribution in [1.82, 2.24) is 9.38 Å². The fourth-order valence-electron chi connectivity index (χ4n) is 1.40. The van der Waals surface area contributed by atoms with Crippen LogP contribution in [-0.2, 0) is 0 Å². The molecule has 2 aromatic rings. The molecule has 0 aliphatic rings. The van der Waals surface area contributed by atoms with Crippen molar-refractivity contribution in [2.75, 3.05) is 6.54 Å². The smallest absolute Gasteiger partial charge is 0.182 e.